The fourth-order valence-corrected chi connectivity index (χ4v) is 1.75. The fraction of sp³-hybridized carbons (Fsp3) is 0.667. The molecule has 0 radical (unpaired) electrons. The highest BCUT2D eigenvalue weighted by atomic mass is 32.1. The molecule has 0 saturated carbocycles. The Balaban J connectivity index is 2.52. The number of aryl methyl sites for hydroxylation is 1. The minimum atomic E-state index is 0.529. The highest BCUT2D eigenvalue weighted by Crippen LogP contribution is 2.16. The average molecular weight is 184 g/mol. The zero-order valence-electron chi connectivity index (χ0n) is 7.92. The summed E-state index contributed by atoms with van der Waals surface area (Å²) in [6.07, 6.45) is 2.17. The van der Waals surface area contributed by atoms with Crippen LogP contribution in [0.1, 0.15) is 32.9 Å². The lowest BCUT2D eigenvalue weighted by atomic mass is 10.3. The maximum Gasteiger partial charge on any atom is 0.183 e. The molecular weight excluding hydrogens is 168 g/mol. The number of hydrogen-bond donors (Lipinski definition) is 1. The zero-order valence-corrected chi connectivity index (χ0v) is 8.74. The SMILES string of the molecule is CCc1csc(NC(C)CC)n1. The molecule has 0 fully saturated rings. The lowest BCUT2D eigenvalue weighted by Gasteiger charge is -2.08. The first-order chi connectivity index (χ1) is 5.76. The molecule has 1 aromatic rings. The van der Waals surface area contributed by atoms with Crippen LogP contribution in [-0.2, 0) is 6.42 Å². The first-order valence-corrected chi connectivity index (χ1v) is 5.35. The second-order valence-corrected chi connectivity index (χ2v) is 3.81. The molecule has 0 aliphatic rings. The summed E-state index contributed by atoms with van der Waals surface area (Å²) in [6.45, 7) is 6.47. The number of anilines is 1. The quantitative estimate of drug-likeness (QED) is 0.778. The van der Waals surface area contributed by atoms with Gasteiger partial charge >= 0.3 is 0 Å². The van der Waals surface area contributed by atoms with Crippen molar-refractivity contribution in [1.29, 1.82) is 0 Å². The van der Waals surface area contributed by atoms with E-state index in [4.69, 9.17) is 0 Å². The van der Waals surface area contributed by atoms with Gasteiger partial charge in [0.15, 0.2) is 5.13 Å². The summed E-state index contributed by atoms with van der Waals surface area (Å²) in [4.78, 5) is 4.42. The molecule has 12 heavy (non-hydrogen) atoms. The minimum absolute atomic E-state index is 0.529. The van der Waals surface area contributed by atoms with Crippen molar-refractivity contribution in [2.75, 3.05) is 5.32 Å². The molecule has 1 N–H and O–H groups in total. The molecule has 0 bridgehead atoms. The van der Waals surface area contributed by atoms with E-state index in [2.05, 4.69) is 36.5 Å². The molecule has 68 valence electrons. The first kappa shape index (κ1) is 9.52. The van der Waals surface area contributed by atoms with Gasteiger partial charge in [-0.15, -0.1) is 11.3 Å². The van der Waals surface area contributed by atoms with Crippen LogP contribution in [0.4, 0.5) is 5.13 Å². The predicted octanol–water partition coefficient (Wildman–Crippen LogP) is 2.92. The number of nitrogens with one attached hydrogen (secondary N) is 1. The van der Waals surface area contributed by atoms with Crippen molar-refractivity contribution < 1.29 is 0 Å². The molecule has 0 aliphatic heterocycles. The van der Waals surface area contributed by atoms with Crippen molar-refractivity contribution in [2.24, 2.45) is 0 Å². The zero-order chi connectivity index (χ0) is 8.97. The van der Waals surface area contributed by atoms with Crippen molar-refractivity contribution in [3.8, 4) is 0 Å². The molecule has 0 aromatic carbocycles. The molecule has 1 atom stereocenters. The van der Waals surface area contributed by atoms with Crippen LogP contribution in [0.15, 0.2) is 5.38 Å². The van der Waals surface area contributed by atoms with E-state index in [-0.39, 0.29) is 0 Å². The van der Waals surface area contributed by atoms with Crippen LogP contribution < -0.4 is 5.32 Å². The van der Waals surface area contributed by atoms with Crippen molar-refractivity contribution in [2.45, 2.75) is 39.7 Å². The summed E-state index contributed by atoms with van der Waals surface area (Å²) < 4.78 is 0. The van der Waals surface area contributed by atoms with Crippen molar-refractivity contribution in [1.82, 2.24) is 4.98 Å². The number of nitrogens with zero attached hydrogens (tertiary/aromatic N) is 1. The van der Waals surface area contributed by atoms with Gasteiger partial charge in [0.1, 0.15) is 0 Å². The van der Waals surface area contributed by atoms with E-state index in [0.717, 1.165) is 18.0 Å². The second kappa shape index (κ2) is 4.45. The summed E-state index contributed by atoms with van der Waals surface area (Å²) in [5.41, 5.74) is 1.19. The molecule has 2 nitrogen and oxygen atoms in total. The van der Waals surface area contributed by atoms with Gasteiger partial charge in [0, 0.05) is 11.4 Å². The Bertz CT molecular complexity index is 232. The Morgan fingerprint density at radius 2 is 2.33 bits per heavy atom. The maximum absolute atomic E-state index is 4.42. The van der Waals surface area contributed by atoms with Gasteiger partial charge in [0.05, 0.1) is 5.69 Å². The second-order valence-electron chi connectivity index (χ2n) is 2.95. The molecule has 1 unspecified atom stereocenters. The third kappa shape index (κ3) is 2.48. The van der Waals surface area contributed by atoms with E-state index in [0.29, 0.717) is 6.04 Å². The molecule has 0 amide bonds. The standard InChI is InChI=1S/C9H16N2S/c1-4-7(3)10-9-11-8(5-2)6-12-9/h6-7H,4-5H2,1-3H3,(H,10,11). The summed E-state index contributed by atoms with van der Waals surface area (Å²) in [5.74, 6) is 0. The Morgan fingerprint density at radius 3 is 2.83 bits per heavy atom. The van der Waals surface area contributed by atoms with Crippen molar-refractivity contribution >= 4 is 16.5 Å². The minimum Gasteiger partial charge on any atom is -0.359 e. The topological polar surface area (TPSA) is 24.9 Å². The third-order valence-corrected chi connectivity index (χ3v) is 2.72. The van der Waals surface area contributed by atoms with Crippen LogP contribution in [0, 0.1) is 0 Å². The van der Waals surface area contributed by atoms with E-state index < -0.39 is 0 Å². The van der Waals surface area contributed by atoms with Gasteiger partial charge in [-0.05, 0) is 19.8 Å². The average Bonchev–Trinajstić information content (AvgIpc) is 2.52. The summed E-state index contributed by atoms with van der Waals surface area (Å²) >= 11 is 1.70. The van der Waals surface area contributed by atoms with Gasteiger partial charge in [-0.2, -0.15) is 0 Å². The van der Waals surface area contributed by atoms with E-state index in [9.17, 15) is 0 Å². The largest absolute Gasteiger partial charge is 0.359 e. The molecule has 1 aromatic heterocycles. The first-order valence-electron chi connectivity index (χ1n) is 4.47. The molecule has 1 heterocycles. The molecule has 0 spiro atoms. The monoisotopic (exact) mass is 184 g/mol. The molecule has 3 heteroatoms. The van der Waals surface area contributed by atoms with Crippen molar-refractivity contribution in [3.05, 3.63) is 11.1 Å². The highest BCUT2D eigenvalue weighted by molar-refractivity contribution is 7.13. The van der Waals surface area contributed by atoms with Gasteiger partial charge in [-0.25, -0.2) is 4.98 Å². The molecular formula is C9H16N2S. The van der Waals surface area contributed by atoms with Gasteiger partial charge in [0.2, 0.25) is 0 Å². The number of hydrogen-bond acceptors (Lipinski definition) is 3. The van der Waals surface area contributed by atoms with Crippen LogP contribution in [0.25, 0.3) is 0 Å². The Morgan fingerprint density at radius 1 is 1.58 bits per heavy atom. The van der Waals surface area contributed by atoms with Crippen LogP contribution in [-0.4, -0.2) is 11.0 Å². The van der Waals surface area contributed by atoms with E-state index >= 15 is 0 Å². The summed E-state index contributed by atoms with van der Waals surface area (Å²) in [5, 5.41) is 6.53. The lowest BCUT2D eigenvalue weighted by Crippen LogP contribution is -2.12. The smallest absolute Gasteiger partial charge is 0.183 e. The normalized spacial score (nSPS) is 12.9. The lowest BCUT2D eigenvalue weighted by molar-refractivity contribution is 0.762. The highest BCUT2D eigenvalue weighted by Gasteiger charge is 2.02. The summed E-state index contributed by atoms with van der Waals surface area (Å²) in [6, 6.07) is 0.529. The molecule has 1 rings (SSSR count). The van der Waals surface area contributed by atoms with Gasteiger partial charge in [-0.3, -0.25) is 0 Å². The Kier molecular flexibility index (Phi) is 3.53. The Hall–Kier alpha value is -0.570. The van der Waals surface area contributed by atoms with Gasteiger partial charge in [0.25, 0.3) is 0 Å². The van der Waals surface area contributed by atoms with E-state index in [1.165, 1.54) is 5.69 Å². The van der Waals surface area contributed by atoms with Crippen LogP contribution in [0.2, 0.25) is 0 Å². The fourth-order valence-electron chi connectivity index (χ4n) is 0.849. The van der Waals surface area contributed by atoms with E-state index in [1.54, 1.807) is 11.3 Å². The number of thiazole rings is 1. The van der Waals surface area contributed by atoms with Gasteiger partial charge in [-0.1, -0.05) is 13.8 Å². The van der Waals surface area contributed by atoms with Crippen LogP contribution in [0.3, 0.4) is 0 Å². The number of rotatable bonds is 4. The van der Waals surface area contributed by atoms with E-state index in [1.807, 2.05) is 0 Å². The number of aromatic nitrogens is 1. The summed E-state index contributed by atoms with van der Waals surface area (Å²) in [7, 11) is 0. The van der Waals surface area contributed by atoms with Gasteiger partial charge < -0.3 is 5.32 Å². The van der Waals surface area contributed by atoms with Crippen molar-refractivity contribution in [3.63, 3.8) is 0 Å². The maximum atomic E-state index is 4.42. The molecule has 0 aliphatic carbocycles. The predicted molar refractivity (Wildman–Crippen MR) is 54.9 cm³/mol. The third-order valence-electron chi connectivity index (χ3n) is 1.90. The molecule has 0 saturated heterocycles. The van der Waals surface area contributed by atoms with Crippen LogP contribution >= 0.6 is 11.3 Å². The van der Waals surface area contributed by atoms with Crippen LogP contribution in [0.5, 0.6) is 0 Å². The Labute approximate surface area is 78.0 Å².